The minimum atomic E-state index is -1.53. The molecule has 104 valence electrons. The number of alkyl halides is 1. The highest BCUT2D eigenvalue weighted by Crippen LogP contribution is 2.30. The van der Waals surface area contributed by atoms with E-state index in [-0.39, 0.29) is 26.1 Å². The zero-order valence-electron chi connectivity index (χ0n) is 11.1. The molecule has 0 radical (unpaired) electrons. The average Bonchev–Trinajstić information content (AvgIpc) is 2.38. The van der Waals surface area contributed by atoms with Crippen molar-refractivity contribution >= 4 is 27.9 Å². The maximum absolute atomic E-state index is 12.1. The third kappa shape index (κ3) is 4.96. The monoisotopic (exact) mass is 328 g/mol. The van der Waals surface area contributed by atoms with Gasteiger partial charge in [0, 0.05) is 12.8 Å². The van der Waals surface area contributed by atoms with Gasteiger partial charge in [0.25, 0.3) is 0 Å². The Labute approximate surface area is 122 Å². The summed E-state index contributed by atoms with van der Waals surface area (Å²) in [5, 5.41) is 0.449. The Balaban J connectivity index is 5.39. The number of ether oxygens (including phenoxy) is 2. The van der Waals surface area contributed by atoms with Crippen LogP contribution < -0.4 is 0 Å². The van der Waals surface area contributed by atoms with Gasteiger partial charge in [0.1, 0.15) is 0 Å². The Hall–Kier alpha value is -1.46. The van der Waals surface area contributed by atoms with Gasteiger partial charge in [-0.15, -0.1) is 18.3 Å². The highest BCUT2D eigenvalue weighted by molar-refractivity contribution is 9.09. The van der Waals surface area contributed by atoms with Crippen molar-refractivity contribution in [2.24, 2.45) is 5.41 Å². The van der Waals surface area contributed by atoms with Crippen LogP contribution in [0.1, 0.15) is 26.7 Å². The average molecular weight is 329 g/mol. The quantitative estimate of drug-likeness (QED) is 0.323. The summed E-state index contributed by atoms with van der Waals surface area (Å²) >= 11 is 3.15. The molecule has 0 bridgehead atoms. The van der Waals surface area contributed by atoms with Crippen molar-refractivity contribution < 1.29 is 19.1 Å². The highest BCUT2D eigenvalue weighted by Gasteiger charge is 2.47. The first-order chi connectivity index (χ1) is 9.08. The Morgan fingerprint density at radius 2 is 1.63 bits per heavy atom. The molecule has 0 aromatic heterocycles. The van der Waals surface area contributed by atoms with Crippen molar-refractivity contribution in [2.75, 3.05) is 18.5 Å². The second-order valence-corrected chi connectivity index (χ2v) is 4.13. The summed E-state index contributed by atoms with van der Waals surface area (Å²) in [6, 6.07) is 0. The molecule has 0 aromatic carbocycles. The van der Waals surface area contributed by atoms with Gasteiger partial charge in [0.05, 0.1) is 18.5 Å². The molecule has 0 rings (SSSR count). The normalized spacial score (nSPS) is 9.79. The van der Waals surface area contributed by atoms with E-state index in [4.69, 9.17) is 15.9 Å². The fourth-order valence-corrected chi connectivity index (χ4v) is 1.61. The van der Waals surface area contributed by atoms with Crippen molar-refractivity contribution in [3.05, 3.63) is 0 Å². The number of carbonyl (C=O) groups is 2. The van der Waals surface area contributed by atoms with Crippen molar-refractivity contribution in [1.29, 1.82) is 0 Å². The van der Waals surface area contributed by atoms with Crippen LogP contribution in [-0.2, 0) is 19.1 Å². The zero-order valence-corrected chi connectivity index (χ0v) is 12.7. The van der Waals surface area contributed by atoms with E-state index in [9.17, 15) is 9.59 Å². The van der Waals surface area contributed by atoms with Crippen LogP contribution in [0.25, 0.3) is 0 Å². The van der Waals surface area contributed by atoms with Gasteiger partial charge in [-0.1, -0.05) is 21.9 Å². The fraction of sp³-hybridized carbons (Fsp3) is 0.571. The maximum atomic E-state index is 12.1. The molecule has 0 spiro atoms. The van der Waals surface area contributed by atoms with Gasteiger partial charge in [-0.3, -0.25) is 9.59 Å². The molecule has 0 atom stereocenters. The van der Waals surface area contributed by atoms with Gasteiger partial charge in [0.2, 0.25) is 0 Å². The van der Waals surface area contributed by atoms with E-state index in [1.165, 1.54) is 0 Å². The summed E-state index contributed by atoms with van der Waals surface area (Å²) in [7, 11) is 0. The van der Waals surface area contributed by atoms with E-state index in [0.29, 0.717) is 5.33 Å². The predicted molar refractivity (Wildman–Crippen MR) is 75.3 cm³/mol. The Morgan fingerprint density at radius 3 is 2.00 bits per heavy atom. The molecule has 4 nitrogen and oxygen atoms in total. The first kappa shape index (κ1) is 17.5. The molecule has 0 unspecified atom stereocenters. The van der Waals surface area contributed by atoms with E-state index in [2.05, 4.69) is 33.7 Å². The highest BCUT2D eigenvalue weighted by atomic mass is 79.9. The van der Waals surface area contributed by atoms with Gasteiger partial charge in [-0.25, -0.2) is 0 Å². The number of terminal acetylenes is 1. The lowest BCUT2D eigenvalue weighted by atomic mass is 9.81. The lowest BCUT2D eigenvalue weighted by Crippen LogP contribution is -2.41. The van der Waals surface area contributed by atoms with E-state index in [0.717, 1.165) is 0 Å². The van der Waals surface area contributed by atoms with Crippen LogP contribution in [0, 0.1) is 29.6 Å². The number of hydrogen-bond donors (Lipinski definition) is 0. The van der Waals surface area contributed by atoms with Crippen molar-refractivity contribution in [2.45, 2.75) is 26.7 Å². The summed E-state index contributed by atoms with van der Waals surface area (Å²) in [5.41, 5.74) is -1.53. The molecule has 0 amide bonds. The minimum absolute atomic E-state index is 0.0134. The summed E-state index contributed by atoms with van der Waals surface area (Å²) in [5.74, 6) is 6.45. The number of hydrogen-bond acceptors (Lipinski definition) is 4. The molecule has 0 heterocycles. The molecule has 0 saturated heterocycles. The Morgan fingerprint density at radius 1 is 1.11 bits per heavy atom. The van der Waals surface area contributed by atoms with Gasteiger partial charge in [-0.05, 0) is 13.8 Å². The predicted octanol–water partition coefficient (Wildman–Crippen LogP) is 1.91. The van der Waals surface area contributed by atoms with Crippen LogP contribution in [0.15, 0.2) is 0 Å². The van der Waals surface area contributed by atoms with Crippen LogP contribution >= 0.6 is 15.9 Å². The summed E-state index contributed by atoms with van der Waals surface area (Å²) < 4.78 is 9.89. The third-order valence-corrected chi connectivity index (χ3v) is 2.60. The van der Waals surface area contributed by atoms with E-state index < -0.39 is 17.4 Å². The van der Waals surface area contributed by atoms with E-state index in [1.54, 1.807) is 13.8 Å². The van der Waals surface area contributed by atoms with Crippen molar-refractivity contribution in [3.63, 3.8) is 0 Å². The summed E-state index contributed by atoms with van der Waals surface area (Å²) in [6.45, 7) is 3.65. The number of halogens is 1. The van der Waals surface area contributed by atoms with Crippen LogP contribution in [0.2, 0.25) is 0 Å². The van der Waals surface area contributed by atoms with E-state index in [1.807, 2.05) is 0 Å². The van der Waals surface area contributed by atoms with Crippen molar-refractivity contribution in [3.8, 4) is 24.2 Å². The number of rotatable bonds is 6. The Bertz CT molecular complexity index is 393. The molecule has 0 aliphatic heterocycles. The number of carbonyl (C=O) groups excluding carboxylic acids is 2. The molecule has 0 N–H and O–H groups in total. The van der Waals surface area contributed by atoms with Crippen LogP contribution in [0.3, 0.4) is 0 Å². The minimum Gasteiger partial charge on any atom is -0.465 e. The van der Waals surface area contributed by atoms with Crippen LogP contribution in [-0.4, -0.2) is 30.5 Å². The van der Waals surface area contributed by atoms with Gasteiger partial charge < -0.3 is 9.47 Å². The molecule has 0 aromatic rings. The third-order valence-electron chi connectivity index (χ3n) is 2.32. The molecule has 0 saturated carbocycles. The van der Waals surface area contributed by atoms with Gasteiger partial charge >= 0.3 is 11.9 Å². The number of esters is 2. The summed E-state index contributed by atoms with van der Waals surface area (Å²) in [6.07, 6.45) is 5.15. The Kier molecular flexibility index (Phi) is 8.74. The van der Waals surface area contributed by atoms with Crippen LogP contribution in [0.4, 0.5) is 0 Å². The zero-order chi connectivity index (χ0) is 14.7. The first-order valence-corrected chi connectivity index (χ1v) is 7.00. The maximum Gasteiger partial charge on any atom is 0.325 e. The smallest absolute Gasteiger partial charge is 0.325 e. The molecule has 0 aliphatic rings. The summed E-state index contributed by atoms with van der Waals surface area (Å²) in [4.78, 5) is 24.1. The largest absolute Gasteiger partial charge is 0.465 e. The molecule has 5 heteroatoms. The van der Waals surface area contributed by atoms with Gasteiger partial charge in [0.15, 0.2) is 5.41 Å². The van der Waals surface area contributed by atoms with E-state index >= 15 is 0 Å². The van der Waals surface area contributed by atoms with Crippen LogP contribution in [0.5, 0.6) is 0 Å². The molecular weight excluding hydrogens is 312 g/mol. The second-order valence-electron chi connectivity index (χ2n) is 3.57. The molecule has 0 fully saturated rings. The molecule has 0 aliphatic carbocycles. The SMILES string of the molecule is C#CCC(CC#CCBr)(C(=O)OCC)C(=O)OCC. The standard InChI is InChI=1S/C14H17BrO4/c1-4-9-14(10-7-8-11-15,12(16)18-5-2)13(17)19-6-3/h1H,5-6,9-11H2,2-3H3. The lowest BCUT2D eigenvalue weighted by molar-refractivity contribution is -0.171. The topological polar surface area (TPSA) is 52.6 Å². The fourth-order valence-electron chi connectivity index (χ4n) is 1.41. The van der Waals surface area contributed by atoms with Gasteiger partial charge in [-0.2, -0.15) is 0 Å². The lowest BCUT2D eigenvalue weighted by Gasteiger charge is -2.25. The first-order valence-electron chi connectivity index (χ1n) is 5.88. The van der Waals surface area contributed by atoms with Crippen molar-refractivity contribution in [1.82, 2.24) is 0 Å². The second kappa shape index (κ2) is 9.47. The molecular formula is C14H17BrO4. The molecule has 19 heavy (non-hydrogen) atoms.